The van der Waals surface area contributed by atoms with Gasteiger partial charge in [0.25, 0.3) is 0 Å². The van der Waals surface area contributed by atoms with Crippen LogP contribution in [0.1, 0.15) is 36.8 Å². The third-order valence-electron chi connectivity index (χ3n) is 4.13. The van der Waals surface area contributed by atoms with Gasteiger partial charge in [-0.25, -0.2) is 13.2 Å². The van der Waals surface area contributed by atoms with E-state index in [-0.39, 0.29) is 24.2 Å². The average Bonchev–Trinajstić information content (AvgIpc) is 2.81. The molecule has 1 aliphatic rings. The van der Waals surface area contributed by atoms with E-state index in [2.05, 4.69) is 23.6 Å². The van der Waals surface area contributed by atoms with E-state index in [9.17, 15) is 13.2 Å². The summed E-state index contributed by atoms with van der Waals surface area (Å²) in [5, 5.41) is 5.05. The van der Waals surface area contributed by atoms with Crippen LogP contribution in [0.2, 0.25) is 0 Å². The fraction of sp³-hybridized carbons (Fsp3) is 0.562. The fourth-order valence-corrected chi connectivity index (χ4v) is 4.46. The van der Waals surface area contributed by atoms with E-state index >= 15 is 0 Å². The Labute approximate surface area is 132 Å². The molecule has 0 aliphatic carbocycles. The van der Waals surface area contributed by atoms with Crippen molar-refractivity contribution < 1.29 is 13.2 Å². The molecule has 1 heterocycles. The van der Waals surface area contributed by atoms with Crippen molar-refractivity contribution in [3.8, 4) is 0 Å². The fourth-order valence-electron chi connectivity index (χ4n) is 2.70. The lowest BCUT2D eigenvalue weighted by atomic mass is 9.99. The van der Waals surface area contributed by atoms with Crippen LogP contribution in [-0.4, -0.2) is 38.5 Å². The topological polar surface area (TPSA) is 75.3 Å². The molecular formula is C16H24N2O3S. The lowest BCUT2D eigenvalue weighted by Gasteiger charge is -2.15. The third-order valence-corrected chi connectivity index (χ3v) is 6.41. The minimum atomic E-state index is -3.00. The minimum Gasteiger partial charge on any atom is -0.338 e. The zero-order chi connectivity index (χ0) is 16.2. The van der Waals surface area contributed by atoms with Crippen molar-refractivity contribution in [1.29, 1.82) is 0 Å². The van der Waals surface area contributed by atoms with Gasteiger partial charge in [-0.05, 0) is 31.2 Å². The van der Waals surface area contributed by atoms with Crippen LogP contribution in [0, 0.1) is 6.92 Å². The van der Waals surface area contributed by atoms with E-state index in [0.29, 0.717) is 19.4 Å². The second-order valence-electron chi connectivity index (χ2n) is 6.04. The number of amides is 2. The van der Waals surface area contributed by atoms with Crippen molar-refractivity contribution in [2.75, 3.05) is 18.8 Å². The van der Waals surface area contributed by atoms with Gasteiger partial charge in [-0.2, -0.15) is 0 Å². The molecule has 22 heavy (non-hydrogen) atoms. The number of carbonyl (C=O) groups excluding carboxylic acids is 1. The Bertz CT molecular complexity index is 628. The van der Waals surface area contributed by atoms with Gasteiger partial charge >= 0.3 is 6.03 Å². The first-order chi connectivity index (χ1) is 10.4. The number of nitrogens with one attached hydrogen (secondary N) is 2. The highest BCUT2D eigenvalue weighted by molar-refractivity contribution is 7.92. The molecule has 1 aliphatic heterocycles. The van der Waals surface area contributed by atoms with Gasteiger partial charge in [0.2, 0.25) is 0 Å². The highest BCUT2D eigenvalue weighted by atomic mass is 32.2. The number of carbonyl (C=O) groups is 1. The van der Waals surface area contributed by atoms with Crippen molar-refractivity contribution in [3.63, 3.8) is 0 Å². The molecule has 0 saturated carbocycles. The summed E-state index contributed by atoms with van der Waals surface area (Å²) in [5.41, 5.74) is 2.37. The number of sulfone groups is 1. The summed E-state index contributed by atoms with van der Waals surface area (Å²) in [5.74, 6) is 0.451. The van der Waals surface area contributed by atoms with E-state index in [1.807, 2.05) is 25.1 Å². The van der Waals surface area contributed by atoms with Crippen molar-refractivity contribution in [1.82, 2.24) is 10.6 Å². The average molecular weight is 324 g/mol. The van der Waals surface area contributed by atoms with Gasteiger partial charge in [0.1, 0.15) is 0 Å². The Balaban J connectivity index is 1.76. The maximum atomic E-state index is 11.8. The van der Waals surface area contributed by atoms with Crippen LogP contribution >= 0.6 is 0 Å². The molecule has 1 aromatic carbocycles. The summed E-state index contributed by atoms with van der Waals surface area (Å²) >= 11 is 0. The Morgan fingerprint density at radius 3 is 2.77 bits per heavy atom. The SMILES string of the molecule is Cc1cccc(C(C)CNC(=O)NCC2CCCS2(=O)=O)c1. The molecule has 122 valence electrons. The summed E-state index contributed by atoms with van der Waals surface area (Å²) in [6.07, 6.45) is 1.34. The highest BCUT2D eigenvalue weighted by Gasteiger charge is 2.31. The second-order valence-corrected chi connectivity index (χ2v) is 8.44. The highest BCUT2D eigenvalue weighted by Crippen LogP contribution is 2.19. The number of urea groups is 1. The monoisotopic (exact) mass is 324 g/mol. The van der Waals surface area contributed by atoms with Gasteiger partial charge in [0.05, 0.1) is 11.0 Å². The Morgan fingerprint density at radius 2 is 2.14 bits per heavy atom. The van der Waals surface area contributed by atoms with Crippen LogP contribution in [0.15, 0.2) is 24.3 Å². The lowest BCUT2D eigenvalue weighted by Crippen LogP contribution is -2.42. The molecule has 6 heteroatoms. The van der Waals surface area contributed by atoms with Crippen LogP contribution in [0.3, 0.4) is 0 Å². The number of hydrogen-bond acceptors (Lipinski definition) is 3. The van der Waals surface area contributed by atoms with Crippen LogP contribution in [0.4, 0.5) is 4.79 Å². The van der Waals surface area contributed by atoms with Gasteiger partial charge in [-0.1, -0.05) is 36.8 Å². The molecule has 0 bridgehead atoms. The van der Waals surface area contributed by atoms with E-state index in [1.54, 1.807) is 0 Å². The quantitative estimate of drug-likeness (QED) is 0.869. The largest absolute Gasteiger partial charge is 0.338 e. The summed E-state index contributed by atoms with van der Waals surface area (Å²) in [4.78, 5) is 11.8. The standard InChI is InChI=1S/C16H24N2O3S/c1-12-5-3-6-14(9-12)13(2)10-17-16(19)18-11-15-7-4-8-22(15,20)21/h3,5-6,9,13,15H,4,7-8,10-11H2,1-2H3,(H2,17,18,19). The molecule has 0 spiro atoms. The minimum absolute atomic E-state index is 0.201. The summed E-state index contributed by atoms with van der Waals surface area (Å²) < 4.78 is 23.4. The van der Waals surface area contributed by atoms with Crippen molar-refractivity contribution in [2.24, 2.45) is 0 Å². The normalized spacial score (nSPS) is 21.3. The maximum absolute atomic E-state index is 11.8. The van der Waals surface area contributed by atoms with Crippen molar-refractivity contribution >= 4 is 15.9 Å². The predicted octanol–water partition coefficient (Wildman–Crippen LogP) is 1.97. The predicted molar refractivity (Wildman–Crippen MR) is 87.8 cm³/mol. The molecule has 0 radical (unpaired) electrons. The van der Waals surface area contributed by atoms with Crippen LogP contribution in [-0.2, 0) is 9.84 Å². The number of benzene rings is 1. The molecule has 2 amide bonds. The summed E-state index contributed by atoms with van der Waals surface area (Å²) in [7, 11) is -3.00. The molecular weight excluding hydrogens is 300 g/mol. The van der Waals surface area contributed by atoms with Crippen molar-refractivity contribution in [3.05, 3.63) is 35.4 Å². The second kappa shape index (κ2) is 7.13. The molecule has 1 aromatic rings. The number of aryl methyl sites for hydroxylation is 1. The Morgan fingerprint density at radius 1 is 1.36 bits per heavy atom. The summed E-state index contributed by atoms with van der Waals surface area (Å²) in [6.45, 7) is 4.81. The van der Waals surface area contributed by atoms with E-state index < -0.39 is 15.1 Å². The molecule has 2 rings (SSSR count). The van der Waals surface area contributed by atoms with Gasteiger partial charge in [-0.3, -0.25) is 0 Å². The summed E-state index contributed by atoms with van der Waals surface area (Å²) in [6, 6.07) is 7.89. The van der Waals surface area contributed by atoms with Gasteiger partial charge in [0, 0.05) is 13.1 Å². The molecule has 0 aromatic heterocycles. The van der Waals surface area contributed by atoms with Crippen molar-refractivity contribution in [2.45, 2.75) is 37.9 Å². The van der Waals surface area contributed by atoms with Gasteiger partial charge < -0.3 is 10.6 Å². The van der Waals surface area contributed by atoms with Crippen LogP contribution in [0.5, 0.6) is 0 Å². The van der Waals surface area contributed by atoms with E-state index in [1.165, 1.54) is 11.1 Å². The van der Waals surface area contributed by atoms with Gasteiger partial charge in [-0.15, -0.1) is 0 Å². The first-order valence-electron chi connectivity index (χ1n) is 7.68. The number of rotatable bonds is 5. The van der Waals surface area contributed by atoms with Gasteiger partial charge in [0.15, 0.2) is 9.84 Å². The first kappa shape index (κ1) is 16.8. The molecule has 1 fully saturated rings. The molecule has 5 nitrogen and oxygen atoms in total. The van der Waals surface area contributed by atoms with Crippen LogP contribution in [0.25, 0.3) is 0 Å². The Hall–Kier alpha value is -1.56. The molecule has 2 atom stereocenters. The lowest BCUT2D eigenvalue weighted by molar-refractivity contribution is 0.240. The number of hydrogen-bond donors (Lipinski definition) is 2. The maximum Gasteiger partial charge on any atom is 0.314 e. The van der Waals surface area contributed by atoms with E-state index in [4.69, 9.17) is 0 Å². The smallest absolute Gasteiger partial charge is 0.314 e. The first-order valence-corrected chi connectivity index (χ1v) is 9.40. The van der Waals surface area contributed by atoms with E-state index in [0.717, 1.165) is 0 Å². The molecule has 2 unspecified atom stereocenters. The zero-order valence-electron chi connectivity index (χ0n) is 13.1. The Kier molecular flexibility index (Phi) is 5.45. The third kappa shape index (κ3) is 4.47. The molecule has 1 saturated heterocycles. The van der Waals surface area contributed by atoms with Crippen LogP contribution < -0.4 is 10.6 Å². The zero-order valence-corrected chi connectivity index (χ0v) is 13.9. The molecule has 2 N–H and O–H groups in total.